The van der Waals surface area contributed by atoms with Gasteiger partial charge in [0.05, 0.1) is 29.6 Å². The monoisotopic (exact) mass is 491 g/mol. The third kappa shape index (κ3) is 5.36. The van der Waals surface area contributed by atoms with Crippen molar-refractivity contribution in [3.05, 3.63) is 77.2 Å². The lowest BCUT2D eigenvalue weighted by Gasteiger charge is -2.12. The quantitative estimate of drug-likeness (QED) is 0.322. The lowest BCUT2D eigenvalue weighted by molar-refractivity contribution is -0.142. The molecule has 6 nitrogen and oxygen atoms in total. The van der Waals surface area contributed by atoms with E-state index in [4.69, 9.17) is 5.11 Å². The number of aromatic nitrogens is 4. The largest absolute Gasteiger partial charge is 0.433 e. The minimum absolute atomic E-state index is 0.0701. The fraction of sp³-hybridized carbons (Fsp3) is 0.174. The summed E-state index contributed by atoms with van der Waals surface area (Å²) in [6, 6.07) is 7.65. The summed E-state index contributed by atoms with van der Waals surface area (Å²) in [7, 11) is 0. The first-order valence-electron chi connectivity index (χ1n) is 10.0. The second-order valence-corrected chi connectivity index (χ2v) is 7.23. The summed E-state index contributed by atoms with van der Waals surface area (Å²) >= 11 is 0. The van der Waals surface area contributed by atoms with Gasteiger partial charge in [-0.3, -0.25) is 0 Å². The first-order chi connectivity index (χ1) is 16.6. The number of benzene rings is 1. The Morgan fingerprint density at radius 3 is 2.26 bits per heavy atom. The molecule has 0 saturated heterocycles. The third-order valence-electron chi connectivity index (χ3n) is 4.79. The Labute approximate surface area is 194 Å². The molecular weight excluding hydrogens is 476 g/mol. The molecule has 0 spiro atoms. The summed E-state index contributed by atoms with van der Waals surface area (Å²) in [6.45, 7) is 0.244. The summed E-state index contributed by atoms with van der Waals surface area (Å²) in [4.78, 5) is 8.31. The number of nitrogens with one attached hydrogen (secondary N) is 1. The first-order valence-corrected chi connectivity index (χ1v) is 10.0. The number of nitrogens with zero attached hydrogens (tertiary/aromatic N) is 4. The topological polar surface area (TPSA) is 75.3 Å². The average Bonchev–Trinajstić information content (AvgIpc) is 3.23. The standard InChI is InChI=1S/C23H15F6N5O/c24-22(25,26)17-6-4-15(5-7-17)18-11-19(23(27,28)29)34-21(33-18)16(13-32-34)3-1-14-2-8-20(31-12-14)30-9-10-35/h2,4-8,11-13,35H,9-10H2,(H,30,31). The fourth-order valence-electron chi connectivity index (χ4n) is 3.13. The van der Waals surface area contributed by atoms with Gasteiger partial charge in [-0.05, 0) is 30.3 Å². The molecule has 1 aromatic carbocycles. The van der Waals surface area contributed by atoms with Crippen molar-refractivity contribution in [3.63, 3.8) is 0 Å². The lowest BCUT2D eigenvalue weighted by Crippen LogP contribution is -2.13. The molecule has 0 saturated carbocycles. The molecule has 180 valence electrons. The summed E-state index contributed by atoms with van der Waals surface area (Å²) in [5, 5.41) is 15.5. The number of alkyl halides is 6. The van der Waals surface area contributed by atoms with E-state index in [1.165, 1.54) is 6.20 Å². The maximum atomic E-state index is 13.7. The van der Waals surface area contributed by atoms with Crippen LogP contribution in [0, 0.1) is 11.8 Å². The predicted molar refractivity (Wildman–Crippen MR) is 114 cm³/mol. The van der Waals surface area contributed by atoms with Gasteiger partial charge in [0.2, 0.25) is 0 Å². The number of fused-ring (bicyclic) bond motifs is 1. The van der Waals surface area contributed by atoms with E-state index in [-0.39, 0.29) is 29.1 Å². The molecule has 0 unspecified atom stereocenters. The molecule has 4 rings (SSSR count). The summed E-state index contributed by atoms with van der Waals surface area (Å²) in [6.07, 6.45) is -6.81. The number of pyridine rings is 1. The Morgan fingerprint density at radius 1 is 0.914 bits per heavy atom. The van der Waals surface area contributed by atoms with E-state index in [2.05, 4.69) is 32.2 Å². The van der Waals surface area contributed by atoms with Crippen molar-refractivity contribution in [1.29, 1.82) is 0 Å². The van der Waals surface area contributed by atoms with Crippen LogP contribution in [0.5, 0.6) is 0 Å². The molecule has 0 atom stereocenters. The molecule has 2 N–H and O–H groups in total. The van der Waals surface area contributed by atoms with Crippen LogP contribution in [0.1, 0.15) is 22.4 Å². The molecule has 0 aliphatic carbocycles. The number of aliphatic hydroxyl groups excluding tert-OH is 1. The number of aliphatic hydroxyl groups is 1. The molecular formula is C23H15F6N5O. The van der Waals surface area contributed by atoms with E-state index in [1.54, 1.807) is 12.1 Å². The van der Waals surface area contributed by atoms with Crippen molar-refractivity contribution < 1.29 is 31.4 Å². The van der Waals surface area contributed by atoms with Crippen molar-refractivity contribution in [1.82, 2.24) is 19.6 Å². The number of rotatable bonds is 4. The van der Waals surface area contributed by atoms with E-state index in [9.17, 15) is 26.3 Å². The molecule has 0 bridgehead atoms. The molecule has 3 heterocycles. The van der Waals surface area contributed by atoms with Crippen molar-refractivity contribution in [3.8, 4) is 23.1 Å². The van der Waals surface area contributed by atoms with Crippen LogP contribution < -0.4 is 5.32 Å². The van der Waals surface area contributed by atoms with E-state index >= 15 is 0 Å². The minimum Gasteiger partial charge on any atom is -0.395 e. The predicted octanol–water partition coefficient (Wildman–Crippen LogP) is 4.63. The van der Waals surface area contributed by atoms with Gasteiger partial charge in [0.25, 0.3) is 0 Å². The summed E-state index contributed by atoms with van der Waals surface area (Å²) < 4.78 is 80.3. The average molecular weight is 491 g/mol. The fourth-order valence-corrected chi connectivity index (χ4v) is 3.13. The zero-order valence-corrected chi connectivity index (χ0v) is 17.6. The normalized spacial score (nSPS) is 11.9. The molecule has 0 aliphatic heterocycles. The molecule has 0 aliphatic rings. The van der Waals surface area contributed by atoms with Crippen LogP contribution in [0.25, 0.3) is 16.9 Å². The second-order valence-electron chi connectivity index (χ2n) is 7.23. The molecule has 3 aromatic heterocycles. The van der Waals surface area contributed by atoms with Crippen LogP contribution >= 0.6 is 0 Å². The molecule has 12 heteroatoms. The van der Waals surface area contributed by atoms with Crippen molar-refractivity contribution in [2.45, 2.75) is 12.4 Å². The van der Waals surface area contributed by atoms with Crippen LogP contribution in [-0.2, 0) is 12.4 Å². The van der Waals surface area contributed by atoms with Gasteiger partial charge in [0.15, 0.2) is 11.3 Å². The van der Waals surface area contributed by atoms with Gasteiger partial charge in [-0.1, -0.05) is 24.0 Å². The zero-order chi connectivity index (χ0) is 25.2. The Hall–Kier alpha value is -4.11. The number of hydrogen-bond donors (Lipinski definition) is 2. The van der Waals surface area contributed by atoms with Gasteiger partial charge < -0.3 is 10.4 Å². The van der Waals surface area contributed by atoms with E-state index in [0.29, 0.717) is 22.4 Å². The summed E-state index contributed by atoms with van der Waals surface area (Å²) in [5.41, 5.74) is -1.83. The van der Waals surface area contributed by atoms with Crippen LogP contribution in [0.3, 0.4) is 0 Å². The van der Waals surface area contributed by atoms with Crippen LogP contribution in [0.15, 0.2) is 54.9 Å². The van der Waals surface area contributed by atoms with Crippen LogP contribution in [-0.4, -0.2) is 37.8 Å². The maximum absolute atomic E-state index is 13.7. The number of anilines is 1. The second kappa shape index (κ2) is 9.27. The Morgan fingerprint density at radius 2 is 1.66 bits per heavy atom. The maximum Gasteiger partial charge on any atom is 0.433 e. The van der Waals surface area contributed by atoms with Gasteiger partial charge in [-0.15, -0.1) is 0 Å². The van der Waals surface area contributed by atoms with E-state index in [1.807, 2.05) is 0 Å². The van der Waals surface area contributed by atoms with E-state index < -0.39 is 23.6 Å². The Balaban J connectivity index is 1.75. The third-order valence-corrected chi connectivity index (χ3v) is 4.79. The number of hydrogen-bond acceptors (Lipinski definition) is 5. The van der Waals surface area contributed by atoms with Gasteiger partial charge >= 0.3 is 12.4 Å². The van der Waals surface area contributed by atoms with Gasteiger partial charge in [-0.2, -0.15) is 31.4 Å². The Bertz CT molecular complexity index is 1400. The smallest absolute Gasteiger partial charge is 0.395 e. The highest BCUT2D eigenvalue weighted by atomic mass is 19.4. The van der Waals surface area contributed by atoms with Crippen molar-refractivity contribution in [2.75, 3.05) is 18.5 Å². The van der Waals surface area contributed by atoms with E-state index in [0.717, 1.165) is 36.5 Å². The highest BCUT2D eigenvalue weighted by Crippen LogP contribution is 2.34. The molecule has 0 fully saturated rings. The van der Waals surface area contributed by atoms with Gasteiger partial charge in [-0.25, -0.2) is 14.5 Å². The molecule has 0 radical (unpaired) electrons. The van der Waals surface area contributed by atoms with Crippen LogP contribution in [0.2, 0.25) is 0 Å². The van der Waals surface area contributed by atoms with Crippen LogP contribution in [0.4, 0.5) is 32.2 Å². The molecule has 35 heavy (non-hydrogen) atoms. The molecule has 4 aromatic rings. The Kier molecular flexibility index (Phi) is 6.36. The SMILES string of the molecule is OCCNc1ccc(C#Cc2cnn3c(C(F)(F)F)cc(-c4ccc(C(F)(F)F)cc4)nc23)cn1. The van der Waals surface area contributed by atoms with Crippen molar-refractivity contribution >= 4 is 11.5 Å². The van der Waals surface area contributed by atoms with Gasteiger partial charge in [0, 0.05) is 23.9 Å². The number of halogens is 6. The lowest BCUT2D eigenvalue weighted by atomic mass is 10.1. The van der Waals surface area contributed by atoms with Gasteiger partial charge in [0.1, 0.15) is 5.82 Å². The first kappa shape index (κ1) is 24.0. The zero-order valence-electron chi connectivity index (χ0n) is 17.6. The summed E-state index contributed by atoms with van der Waals surface area (Å²) in [5.74, 6) is 6.01. The molecule has 0 amide bonds. The minimum atomic E-state index is -4.81. The highest BCUT2D eigenvalue weighted by molar-refractivity contribution is 5.67. The van der Waals surface area contributed by atoms with Crippen molar-refractivity contribution in [2.24, 2.45) is 0 Å². The highest BCUT2D eigenvalue weighted by Gasteiger charge is 2.36.